The molecule has 2 rings (SSSR count). The lowest BCUT2D eigenvalue weighted by molar-refractivity contribution is -0.119. The van der Waals surface area contributed by atoms with Crippen LogP contribution in [0.4, 0.5) is 0 Å². The summed E-state index contributed by atoms with van der Waals surface area (Å²) < 4.78 is 6.94. The predicted molar refractivity (Wildman–Crippen MR) is 69.5 cm³/mol. The first-order chi connectivity index (χ1) is 8.58. The van der Waals surface area contributed by atoms with Crippen molar-refractivity contribution in [2.75, 3.05) is 6.61 Å². The van der Waals surface area contributed by atoms with E-state index in [1.54, 1.807) is 16.9 Å². The summed E-state index contributed by atoms with van der Waals surface area (Å²) in [6.45, 7) is 3.46. The number of ketones is 1. The Morgan fingerprint density at radius 2 is 2.22 bits per heavy atom. The van der Waals surface area contributed by atoms with Crippen LogP contribution in [0.3, 0.4) is 0 Å². The molecule has 5 heteroatoms. The van der Waals surface area contributed by atoms with Crippen molar-refractivity contribution < 1.29 is 9.53 Å². The standard InChI is InChI=1S/C13H13ClN2O2/c1-9-3-4-12(11(14)7-9)16-13(5-6-15-16)18-8-10(2)17/h3-7H,8H2,1-2H3. The van der Waals surface area contributed by atoms with E-state index in [2.05, 4.69) is 5.10 Å². The Labute approximate surface area is 110 Å². The molecule has 1 heterocycles. The van der Waals surface area contributed by atoms with Crippen molar-refractivity contribution in [3.05, 3.63) is 41.0 Å². The van der Waals surface area contributed by atoms with Crippen LogP contribution in [0.15, 0.2) is 30.5 Å². The molecule has 0 aliphatic rings. The lowest BCUT2D eigenvalue weighted by atomic mass is 10.2. The average molecular weight is 265 g/mol. The van der Waals surface area contributed by atoms with E-state index in [0.717, 1.165) is 11.3 Å². The van der Waals surface area contributed by atoms with Gasteiger partial charge in [0.05, 0.1) is 16.9 Å². The molecular formula is C13H13ClN2O2. The van der Waals surface area contributed by atoms with Crippen molar-refractivity contribution in [3.8, 4) is 11.6 Å². The number of nitrogens with zero attached hydrogens (tertiary/aromatic N) is 2. The second kappa shape index (κ2) is 5.23. The molecule has 2 aromatic rings. The second-order valence-electron chi connectivity index (χ2n) is 4.03. The number of Topliss-reactive ketones (excluding diaryl/α,β-unsaturated/α-hetero) is 1. The van der Waals surface area contributed by atoms with Crippen LogP contribution >= 0.6 is 11.6 Å². The zero-order valence-corrected chi connectivity index (χ0v) is 10.9. The Balaban J connectivity index is 2.33. The fraction of sp³-hybridized carbons (Fsp3) is 0.231. The Hall–Kier alpha value is -1.81. The van der Waals surface area contributed by atoms with Gasteiger partial charge in [0.25, 0.3) is 0 Å². The van der Waals surface area contributed by atoms with Gasteiger partial charge >= 0.3 is 0 Å². The minimum absolute atomic E-state index is 0.0230. The van der Waals surface area contributed by atoms with Crippen LogP contribution in [0.2, 0.25) is 5.02 Å². The largest absolute Gasteiger partial charge is 0.470 e. The van der Waals surface area contributed by atoms with E-state index in [9.17, 15) is 4.79 Å². The van der Waals surface area contributed by atoms with Crippen molar-refractivity contribution in [3.63, 3.8) is 0 Å². The fourth-order valence-electron chi connectivity index (χ4n) is 1.54. The van der Waals surface area contributed by atoms with Gasteiger partial charge in [0.2, 0.25) is 5.88 Å². The van der Waals surface area contributed by atoms with Gasteiger partial charge in [-0.2, -0.15) is 9.78 Å². The molecule has 0 amide bonds. The summed E-state index contributed by atoms with van der Waals surface area (Å²) in [6, 6.07) is 7.36. The van der Waals surface area contributed by atoms with E-state index in [0.29, 0.717) is 10.9 Å². The summed E-state index contributed by atoms with van der Waals surface area (Å²) in [5, 5.41) is 4.74. The molecule has 0 atom stereocenters. The smallest absolute Gasteiger partial charge is 0.217 e. The van der Waals surface area contributed by atoms with Crippen LogP contribution in [-0.2, 0) is 4.79 Å². The van der Waals surface area contributed by atoms with Crippen LogP contribution < -0.4 is 4.74 Å². The van der Waals surface area contributed by atoms with Gasteiger partial charge in [-0.3, -0.25) is 4.79 Å². The van der Waals surface area contributed by atoms with E-state index < -0.39 is 0 Å². The maximum Gasteiger partial charge on any atom is 0.217 e. The van der Waals surface area contributed by atoms with Crippen molar-refractivity contribution in [2.24, 2.45) is 0 Å². The highest BCUT2D eigenvalue weighted by Gasteiger charge is 2.10. The van der Waals surface area contributed by atoms with Crippen LogP contribution in [-0.4, -0.2) is 22.2 Å². The fourth-order valence-corrected chi connectivity index (χ4v) is 1.86. The van der Waals surface area contributed by atoms with E-state index in [-0.39, 0.29) is 12.4 Å². The Morgan fingerprint density at radius 1 is 1.44 bits per heavy atom. The third kappa shape index (κ3) is 2.71. The number of hydrogen-bond acceptors (Lipinski definition) is 3. The molecule has 0 radical (unpaired) electrons. The molecule has 0 saturated carbocycles. The minimum atomic E-state index is -0.0437. The van der Waals surface area contributed by atoms with Crippen LogP contribution in [0.25, 0.3) is 5.69 Å². The number of aryl methyl sites for hydroxylation is 1. The van der Waals surface area contributed by atoms with Crippen molar-refractivity contribution >= 4 is 17.4 Å². The normalized spacial score (nSPS) is 10.4. The first kappa shape index (κ1) is 12.6. The number of aromatic nitrogens is 2. The number of ether oxygens (including phenoxy) is 1. The van der Waals surface area contributed by atoms with Gasteiger partial charge in [0.15, 0.2) is 5.78 Å². The second-order valence-corrected chi connectivity index (χ2v) is 4.43. The molecule has 0 aliphatic heterocycles. The molecule has 1 aromatic carbocycles. The van der Waals surface area contributed by atoms with Gasteiger partial charge in [0, 0.05) is 6.07 Å². The lowest BCUT2D eigenvalue weighted by Gasteiger charge is -2.10. The highest BCUT2D eigenvalue weighted by molar-refractivity contribution is 6.32. The number of benzene rings is 1. The Kier molecular flexibility index (Phi) is 3.67. The van der Waals surface area contributed by atoms with Crippen LogP contribution in [0.5, 0.6) is 5.88 Å². The van der Waals surface area contributed by atoms with Gasteiger partial charge < -0.3 is 4.74 Å². The number of carbonyl (C=O) groups excluding carboxylic acids is 1. The number of rotatable bonds is 4. The van der Waals surface area contributed by atoms with Crippen LogP contribution in [0.1, 0.15) is 12.5 Å². The third-order valence-corrected chi connectivity index (χ3v) is 2.67. The van der Waals surface area contributed by atoms with Gasteiger partial charge in [-0.25, -0.2) is 0 Å². The zero-order chi connectivity index (χ0) is 13.1. The molecule has 4 nitrogen and oxygen atoms in total. The predicted octanol–water partition coefficient (Wildman–Crippen LogP) is 2.80. The summed E-state index contributed by atoms with van der Waals surface area (Å²) in [5.74, 6) is 0.453. The van der Waals surface area contributed by atoms with E-state index in [1.165, 1.54) is 6.92 Å². The molecule has 0 aliphatic carbocycles. The van der Waals surface area contributed by atoms with Gasteiger partial charge in [-0.05, 0) is 31.5 Å². The molecular weight excluding hydrogens is 252 g/mol. The van der Waals surface area contributed by atoms with Crippen LogP contribution in [0, 0.1) is 6.92 Å². The van der Waals surface area contributed by atoms with Gasteiger partial charge in [-0.15, -0.1) is 0 Å². The molecule has 0 saturated heterocycles. The maximum absolute atomic E-state index is 10.9. The van der Waals surface area contributed by atoms with Gasteiger partial charge in [-0.1, -0.05) is 17.7 Å². The Bertz CT molecular complexity index is 578. The highest BCUT2D eigenvalue weighted by Crippen LogP contribution is 2.25. The number of carbonyl (C=O) groups is 1. The topological polar surface area (TPSA) is 44.1 Å². The highest BCUT2D eigenvalue weighted by atomic mass is 35.5. The maximum atomic E-state index is 10.9. The monoisotopic (exact) mass is 264 g/mol. The molecule has 18 heavy (non-hydrogen) atoms. The first-order valence-electron chi connectivity index (χ1n) is 5.50. The average Bonchev–Trinajstić information content (AvgIpc) is 2.74. The molecule has 0 spiro atoms. The molecule has 94 valence electrons. The van der Waals surface area contributed by atoms with Gasteiger partial charge in [0.1, 0.15) is 6.61 Å². The quantitative estimate of drug-likeness (QED) is 0.853. The van der Waals surface area contributed by atoms with E-state index in [4.69, 9.17) is 16.3 Å². The van der Waals surface area contributed by atoms with E-state index >= 15 is 0 Å². The number of halogens is 1. The summed E-state index contributed by atoms with van der Waals surface area (Å²) in [7, 11) is 0. The minimum Gasteiger partial charge on any atom is -0.470 e. The molecule has 0 bridgehead atoms. The molecule has 0 fully saturated rings. The lowest BCUT2D eigenvalue weighted by Crippen LogP contribution is -2.10. The summed E-state index contributed by atoms with van der Waals surface area (Å²) in [4.78, 5) is 10.9. The number of hydrogen-bond donors (Lipinski definition) is 0. The zero-order valence-electron chi connectivity index (χ0n) is 10.2. The SMILES string of the molecule is CC(=O)COc1ccnn1-c1ccc(C)cc1Cl. The summed E-state index contributed by atoms with van der Waals surface area (Å²) >= 11 is 6.17. The summed E-state index contributed by atoms with van der Waals surface area (Å²) in [5.41, 5.74) is 1.80. The van der Waals surface area contributed by atoms with Crippen molar-refractivity contribution in [2.45, 2.75) is 13.8 Å². The molecule has 1 aromatic heterocycles. The molecule has 0 N–H and O–H groups in total. The van der Waals surface area contributed by atoms with Crippen molar-refractivity contribution in [1.29, 1.82) is 0 Å². The summed E-state index contributed by atoms with van der Waals surface area (Å²) in [6.07, 6.45) is 1.60. The van der Waals surface area contributed by atoms with E-state index in [1.807, 2.05) is 25.1 Å². The first-order valence-corrected chi connectivity index (χ1v) is 5.88. The Morgan fingerprint density at radius 3 is 2.89 bits per heavy atom. The third-order valence-electron chi connectivity index (χ3n) is 2.36. The van der Waals surface area contributed by atoms with Crippen molar-refractivity contribution in [1.82, 2.24) is 9.78 Å². The molecule has 0 unspecified atom stereocenters.